The van der Waals surface area contributed by atoms with Crippen molar-refractivity contribution in [1.82, 2.24) is 24.1 Å². The number of nitrogen functional groups attached to an aromatic ring is 1. The van der Waals surface area contributed by atoms with Crippen LogP contribution in [0.1, 0.15) is 29.0 Å². The number of ether oxygens (including phenoxy) is 1. The lowest BCUT2D eigenvalue weighted by atomic mass is 9.99. The van der Waals surface area contributed by atoms with Crippen molar-refractivity contribution in [2.24, 2.45) is 0 Å². The van der Waals surface area contributed by atoms with Crippen LogP contribution in [0.2, 0.25) is 0 Å². The Hall–Kier alpha value is -4.05. The molecule has 4 heterocycles. The SMILES string of the molecule is Cc1cc(-c2c(-c3ccccc3)nc(N)n3c(=O)n(C[C@H]4CCCO4)nc23)cc(C(=O)O)n1. The minimum atomic E-state index is -1.15. The van der Waals surface area contributed by atoms with E-state index in [-0.39, 0.29) is 17.7 Å². The summed E-state index contributed by atoms with van der Waals surface area (Å²) in [5.41, 5.74) is 8.81. The van der Waals surface area contributed by atoms with Crippen LogP contribution in [0.4, 0.5) is 5.95 Å². The summed E-state index contributed by atoms with van der Waals surface area (Å²) in [5, 5.41) is 14.1. The Morgan fingerprint density at radius 3 is 2.70 bits per heavy atom. The quantitative estimate of drug-likeness (QED) is 0.477. The first-order valence-electron chi connectivity index (χ1n) is 10.6. The summed E-state index contributed by atoms with van der Waals surface area (Å²) in [6.07, 6.45) is 1.69. The number of nitrogens with two attached hydrogens (primary N) is 1. The van der Waals surface area contributed by atoms with Gasteiger partial charge in [0.1, 0.15) is 5.69 Å². The molecule has 0 bridgehead atoms. The molecule has 3 aromatic heterocycles. The number of carbonyl (C=O) groups is 1. The van der Waals surface area contributed by atoms with E-state index in [1.54, 1.807) is 13.0 Å². The van der Waals surface area contributed by atoms with E-state index in [0.717, 1.165) is 18.4 Å². The average Bonchev–Trinajstić information content (AvgIpc) is 3.42. The molecule has 0 unspecified atom stereocenters. The van der Waals surface area contributed by atoms with Crippen molar-refractivity contribution in [3.63, 3.8) is 0 Å². The van der Waals surface area contributed by atoms with Crippen LogP contribution in [0.3, 0.4) is 0 Å². The lowest BCUT2D eigenvalue weighted by Crippen LogP contribution is -2.28. The highest BCUT2D eigenvalue weighted by Gasteiger charge is 2.24. The van der Waals surface area contributed by atoms with Crippen LogP contribution in [0, 0.1) is 6.92 Å². The third kappa shape index (κ3) is 3.74. The van der Waals surface area contributed by atoms with E-state index in [1.807, 2.05) is 30.3 Å². The number of anilines is 1. The summed E-state index contributed by atoms with van der Waals surface area (Å²) in [7, 11) is 0. The van der Waals surface area contributed by atoms with Crippen LogP contribution in [0.25, 0.3) is 28.0 Å². The maximum atomic E-state index is 13.2. The number of rotatable bonds is 5. The molecule has 1 atom stereocenters. The molecular weight excluding hydrogens is 424 g/mol. The van der Waals surface area contributed by atoms with Crippen LogP contribution in [-0.4, -0.2) is 47.9 Å². The molecule has 1 aliphatic heterocycles. The predicted molar refractivity (Wildman–Crippen MR) is 121 cm³/mol. The van der Waals surface area contributed by atoms with Crippen molar-refractivity contribution in [2.75, 3.05) is 12.3 Å². The Morgan fingerprint density at radius 1 is 1.21 bits per heavy atom. The lowest BCUT2D eigenvalue weighted by Gasteiger charge is -2.13. The molecule has 0 spiro atoms. The fraction of sp³-hybridized carbons (Fsp3) is 0.261. The maximum Gasteiger partial charge on any atom is 0.354 e. The van der Waals surface area contributed by atoms with Crippen molar-refractivity contribution in [3.05, 3.63) is 64.3 Å². The van der Waals surface area contributed by atoms with Crippen molar-refractivity contribution in [1.29, 1.82) is 0 Å². The van der Waals surface area contributed by atoms with Gasteiger partial charge in [-0.05, 0) is 37.5 Å². The third-order valence-electron chi connectivity index (χ3n) is 5.66. The number of hydrogen-bond acceptors (Lipinski definition) is 7. The monoisotopic (exact) mass is 446 g/mol. The van der Waals surface area contributed by atoms with Crippen LogP contribution in [0.5, 0.6) is 0 Å². The van der Waals surface area contributed by atoms with Crippen molar-refractivity contribution in [2.45, 2.75) is 32.4 Å². The number of nitrogens with zero attached hydrogens (tertiary/aromatic N) is 5. The summed E-state index contributed by atoms with van der Waals surface area (Å²) in [4.78, 5) is 33.5. The normalized spacial score (nSPS) is 15.8. The van der Waals surface area contributed by atoms with Crippen molar-refractivity contribution in [3.8, 4) is 22.4 Å². The molecular formula is C23H22N6O4. The summed E-state index contributed by atoms with van der Waals surface area (Å²) >= 11 is 0. The first kappa shape index (κ1) is 20.8. The van der Waals surface area contributed by atoms with E-state index in [9.17, 15) is 14.7 Å². The third-order valence-corrected chi connectivity index (χ3v) is 5.66. The van der Waals surface area contributed by atoms with Gasteiger partial charge in [0.15, 0.2) is 5.65 Å². The van der Waals surface area contributed by atoms with E-state index >= 15 is 0 Å². The standard InChI is InChI=1S/C23H22N6O4/c1-13-10-15(11-17(25-13)21(30)31)18-19(14-6-3-2-4-7-14)26-22(24)29-20(18)27-28(23(29)32)12-16-8-5-9-33-16/h2-4,6-7,10-11,16H,5,8-9,12H2,1H3,(H2,24,26)(H,30,31)/t16-/m1/s1. The zero-order valence-electron chi connectivity index (χ0n) is 17.9. The molecule has 4 aromatic rings. The van der Waals surface area contributed by atoms with Gasteiger partial charge in [0, 0.05) is 17.9 Å². The summed E-state index contributed by atoms with van der Waals surface area (Å²) in [6.45, 7) is 2.67. The number of fused-ring (bicyclic) bond motifs is 1. The van der Waals surface area contributed by atoms with Gasteiger partial charge in [0.25, 0.3) is 0 Å². The number of pyridine rings is 1. The fourth-order valence-electron chi connectivity index (χ4n) is 4.20. The zero-order chi connectivity index (χ0) is 23.1. The van der Waals surface area contributed by atoms with Crippen LogP contribution < -0.4 is 11.4 Å². The highest BCUT2D eigenvalue weighted by atomic mass is 16.5. The Morgan fingerprint density at radius 2 is 2.00 bits per heavy atom. The van der Waals surface area contributed by atoms with E-state index in [4.69, 9.17) is 10.5 Å². The van der Waals surface area contributed by atoms with Crippen LogP contribution >= 0.6 is 0 Å². The number of hydrogen-bond donors (Lipinski definition) is 2. The van der Waals surface area contributed by atoms with E-state index < -0.39 is 11.7 Å². The summed E-state index contributed by atoms with van der Waals surface area (Å²) < 4.78 is 8.27. The molecule has 0 amide bonds. The highest BCUT2D eigenvalue weighted by molar-refractivity contribution is 5.93. The summed E-state index contributed by atoms with van der Waals surface area (Å²) in [5.74, 6) is -1.15. The van der Waals surface area contributed by atoms with E-state index in [1.165, 1.54) is 15.1 Å². The molecule has 168 valence electrons. The zero-order valence-corrected chi connectivity index (χ0v) is 17.9. The van der Waals surface area contributed by atoms with Gasteiger partial charge >= 0.3 is 11.7 Å². The van der Waals surface area contributed by atoms with Gasteiger partial charge < -0.3 is 15.6 Å². The molecule has 0 aliphatic carbocycles. The predicted octanol–water partition coefficient (Wildman–Crippen LogP) is 2.39. The second-order valence-corrected chi connectivity index (χ2v) is 8.01. The van der Waals surface area contributed by atoms with Crippen LogP contribution in [0.15, 0.2) is 47.3 Å². The van der Waals surface area contributed by atoms with Gasteiger partial charge in [-0.2, -0.15) is 0 Å². The number of aromatic nitrogens is 5. The number of aryl methyl sites for hydroxylation is 1. The van der Waals surface area contributed by atoms with Crippen molar-refractivity contribution < 1.29 is 14.6 Å². The molecule has 3 N–H and O–H groups in total. The Labute approximate surface area is 188 Å². The Kier molecular flexibility index (Phi) is 5.14. The minimum absolute atomic E-state index is 0.000398. The van der Waals surface area contributed by atoms with Gasteiger partial charge in [-0.1, -0.05) is 30.3 Å². The summed E-state index contributed by atoms with van der Waals surface area (Å²) in [6, 6.07) is 12.6. The molecule has 10 heteroatoms. The van der Waals surface area contributed by atoms with Gasteiger partial charge in [0.2, 0.25) is 5.95 Å². The van der Waals surface area contributed by atoms with Crippen LogP contribution in [-0.2, 0) is 11.3 Å². The average molecular weight is 446 g/mol. The second kappa shape index (κ2) is 8.14. The Bertz CT molecular complexity index is 1420. The largest absolute Gasteiger partial charge is 0.477 e. The molecule has 0 radical (unpaired) electrons. The molecule has 1 fully saturated rings. The smallest absolute Gasteiger partial charge is 0.354 e. The van der Waals surface area contributed by atoms with Crippen molar-refractivity contribution >= 4 is 17.6 Å². The number of carboxylic acid groups (broad SMARTS) is 1. The number of benzene rings is 1. The maximum absolute atomic E-state index is 13.2. The first-order chi connectivity index (χ1) is 15.9. The minimum Gasteiger partial charge on any atom is -0.477 e. The topological polar surface area (TPSA) is 138 Å². The number of aromatic carboxylic acids is 1. The molecule has 1 saturated heterocycles. The fourth-order valence-corrected chi connectivity index (χ4v) is 4.20. The van der Waals surface area contributed by atoms with E-state index in [0.29, 0.717) is 41.3 Å². The number of carboxylic acids is 1. The molecule has 1 aliphatic rings. The molecule has 5 rings (SSSR count). The second-order valence-electron chi connectivity index (χ2n) is 8.01. The molecule has 0 saturated carbocycles. The van der Waals surface area contributed by atoms with E-state index in [2.05, 4.69) is 15.1 Å². The lowest BCUT2D eigenvalue weighted by molar-refractivity contribution is 0.0690. The highest BCUT2D eigenvalue weighted by Crippen LogP contribution is 2.35. The van der Waals surface area contributed by atoms with Gasteiger partial charge in [0.05, 0.1) is 23.9 Å². The van der Waals surface area contributed by atoms with Gasteiger partial charge in [-0.15, -0.1) is 5.10 Å². The van der Waals surface area contributed by atoms with Gasteiger partial charge in [-0.25, -0.2) is 28.6 Å². The molecule has 10 nitrogen and oxygen atoms in total. The first-order valence-corrected chi connectivity index (χ1v) is 10.6. The Balaban J connectivity index is 1.82. The molecule has 1 aromatic carbocycles. The molecule has 33 heavy (non-hydrogen) atoms. The van der Waals surface area contributed by atoms with Gasteiger partial charge in [-0.3, -0.25) is 0 Å².